The van der Waals surface area contributed by atoms with E-state index in [1.807, 2.05) is 19.1 Å². The lowest BCUT2D eigenvalue weighted by atomic mass is 10.1. The zero-order chi connectivity index (χ0) is 17.3. The molecule has 2 heterocycles. The molecule has 1 aromatic carbocycles. The number of para-hydroxylation sites is 2. The molecule has 1 aromatic heterocycles. The number of methoxy groups -OCH3 is 1. The first-order valence-electron chi connectivity index (χ1n) is 7.12. The average molecular weight is 342 g/mol. The van der Waals surface area contributed by atoms with Gasteiger partial charge in [-0.15, -0.1) is 11.3 Å². The third-order valence-corrected chi connectivity index (χ3v) is 4.42. The molecule has 6 nitrogen and oxygen atoms in total. The number of barbiturate groups is 1. The maximum Gasteiger partial charge on any atom is 0.336 e. The van der Waals surface area contributed by atoms with Crippen LogP contribution in [0.3, 0.4) is 0 Å². The van der Waals surface area contributed by atoms with Crippen LogP contribution in [0.25, 0.3) is 6.08 Å². The molecule has 0 unspecified atom stereocenters. The van der Waals surface area contributed by atoms with Crippen LogP contribution < -0.4 is 15.0 Å². The summed E-state index contributed by atoms with van der Waals surface area (Å²) in [5.74, 6) is -1.02. The smallest absolute Gasteiger partial charge is 0.336 e. The van der Waals surface area contributed by atoms with Gasteiger partial charge in [0, 0.05) is 9.75 Å². The maximum absolute atomic E-state index is 12.8. The van der Waals surface area contributed by atoms with Crippen molar-refractivity contribution in [3.63, 3.8) is 0 Å². The van der Waals surface area contributed by atoms with E-state index in [0.29, 0.717) is 5.75 Å². The number of carbonyl (C=O) groups is 3. The number of hydrogen-bond acceptors (Lipinski definition) is 5. The molecule has 2 aromatic rings. The summed E-state index contributed by atoms with van der Waals surface area (Å²) in [5.41, 5.74) is 0.186. The number of aryl methyl sites for hydroxylation is 1. The van der Waals surface area contributed by atoms with E-state index >= 15 is 0 Å². The predicted octanol–water partition coefficient (Wildman–Crippen LogP) is 2.73. The summed E-state index contributed by atoms with van der Waals surface area (Å²) in [4.78, 5) is 39.7. The largest absolute Gasteiger partial charge is 0.495 e. The van der Waals surface area contributed by atoms with Gasteiger partial charge in [0.2, 0.25) is 0 Å². The van der Waals surface area contributed by atoms with Crippen molar-refractivity contribution in [2.45, 2.75) is 6.92 Å². The molecule has 0 saturated carbocycles. The van der Waals surface area contributed by atoms with Crippen molar-refractivity contribution in [1.29, 1.82) is 0 Å². The molecule has 24 heavy (non-hydrogen) atoms. The molecule has 1 N–H and O–H groups in total. The van der Waals surface area contributed by atoms with Crippen LogP contribution in [0.15, 0.2) is 42.0 Å². The fourth-order valence-corrected chi connectivity index (χ4v) is 3.18. The van der Waals surface area contributed by atoms with Crippen LogP contribution in [0.4, 0.5) is 10.5 Å². The molecule has 1 aliphatic heterocycles. The number of urea groups is 1. The minimum Gasteiger partial charge on any atom is -0.495 e. The van der Waals surface area contributed by atoms with Gasteiger partial charge in [0.05, 0.1) is 12.8 Å². The van der Waals surface area contributed by atoms with Crippen molar-refractivity contribution in [1.82, 2.24) is 5.32 Å². The second-order valence-corrected chi connectivity index (χ2v) is 6.40. The van der Waals surface area contributed by atoms with E-state index in [1.54, 1.807) is 24.3 Å². The van der Waals surface area contributed by atoms with Crippen LogP contribution in [0.5, 0.6) is 5.75 Å². The molecule has 1 aliphatic rings. The highest BCUT2D eigenvalue weighted by Gasteiger charge is 2.38. The number of benzene rings is 1. The van der Waals surface area contributed by atoms with E-state index in [2.05, 4.69) is 5.32 Å². The van der Waals surface area contributed by atoms with E-state index in [9.17, 15) is 14.4 Å². The summed E-state index contributed by atoms with van der Waals surface area (Å²) in [7, 11) is 1.45. The Kier molecular flexibility index (Phi) is 4.18. The molecule has 7 heteroatoms. The molecule has 0 spiro atoms. The summed E-state index contributed by atoms with van der Waals surface area (Å²) in [6.07, 6.45) is 1.49. The number of rotatable bonds is 3. The molecule has 122 valence electrons. The Bertz CT molecular complexity index is 869. The Hall–Kier alpha value is -2.93. The monoisotopic (exact) mass is 342 g/mol. The van der Waals surface area contributed by atoms with Crippen molar-refractivity contribution in [2.24, 2.45) is 0 Å². The summed E-state index contributed by atoms with van der Waals surface area (Å²) in [5, 5.41) is 2.19. The number of ether oxygens (including phenoxy) is 1. The third kappa shape index (κ3) is 2.81. The van der Waals surface area contributed by atoms with Gasteiger partial charge in [0.15, 0.2) is 0 Å². The average Bonchev–Trinajstić information content (AvgIpc) is 2.97. The van der Waals surface area contributed by atoms with Gasteiger partial charge in [-0.3, -0.25) is 14.9 Å². The van der Waals surface area contributed by atoms with Crippen LogP contribution in [0.2, 0.25) is 0 Å². The number of imide groups is 2. The number of carbonyl (C=O) groups excluding carboxylic acids is 3. The van der Waals surface area contributed by atoms with E-state index < -0.39 is 17.8 Å². The topological polar surface area (TPSA) is 75.7 Å². The first kappa shape index (κ1) is 15.9. The number of nitrogens with one attached hydrogen (secondary N) is 1. The number of hydrogen-bond donors (Lipinski definition) is 1. The van der Waals surface area contributed by atoms with Crippen LogP contribution in [-0.4, -0.2) is 25.0 Å². The van der Waals surface area contributed by atoms with Gasteiger partial charge < -0.3 is 4.74 Å². The Labute approximate surface area is 142 Å². The Balaban J connectivity index is 2.05. The molecule has 1 saturated heterocycles. The van der Waals surface area contributed by atoms with Crippen LogP contribution in [-0.2, 0) is 9.59 Å². The number of anilines is 1. The number of thiophene rings is 1. The highest BCUT2D eigenvalue weighted by Crippen LogP contribution is 2.31. The molecule has 0 radical (unpaired) electrons. The summed E-state index contributed by atoms with van der Waals surface area (Å²) in [6.45, 7) is 1.93. The predicted molar refractivity (Wildman–Crippen MR) is 91.1 cm³/mol. The van der Waals surface area contributed by atoms with Crippen LogP contribution >= 0.6 is 11.3 Å². The maximum atomic E-state index is 12.8. The fraction of sp³-hybridized carbons (Fsp3) is 0.118. The van der Waals surface area contributed by atoms with E-state index in [0.717, 1.165) is 14.7 Å². The van der Waals surface area contributed by atoms with Crippen LogP contribution in [0, 0.1) is 6.92 Å². The van der Waals surface area contributed by atoms with Crippen LogP contribution in [0.1, 0.15) is 9.75 Å². The fourth-order valence-electron chi connectivity index (χ4n) is 2.36. The van der Waals surface area contributed by atoms with E-state index in [4.69, 9.17) is 4.74 Å². The molecular formula is C17H14N2O4S. The summed E-state index contributed by atoms with van der Waals surface area (Å²) in [6, 6.07) is 9.54. The molecule has 3 rings (SSSR count). The number of nitrogens with zero attached hydrogens (tertiary/aromatic N) is 1. The number of amides is 4. The van der Waals surface area contributed by atoms with Crippen molar-refractivity contribution >= 4 is 40.9 Å². The zero-order valence-electron chi connectivity index (χ0n) is 13.0. The highest BCUT2D eigenvalue weighted by atomic mass is 32.1. The zero-order valence-corrected chi connectivity index (χ0v) is 13.8. The van der Waals surface area contributed by atoms with Crippen molar-refractivity contribution < 1.29 is 19.1 Å². The van der Waals surface area contributed by atoms with Gasteiger partial charge >= 0.3 is 6.03 Å². The highest BCUT2D eigenvalue weighted by molar-refractivity contribution is 7.12. The van der Waals surface area contributed by atoms with Crippen molar-refractivity contribution in [3.8, 4) is 5.75 Å². The third-order valence-electron chi connectivity index (χ3n) is 3.48. The van der Waals surface area contributed by atoms with Gasteiger partial charge in [-0.05, 0) is 37.3 Å². The minimum absolute atomic E-state index is 0.0950. The standard InChI is InChI=1S/C17H14N2O4S/c1-10-7-8-11(24-10)9-12-15(20)18-17(22)19(16(12)21)13-5-3-4-6-14(13)23-2/h3-9H,1-2H3,(H,18,20,22)/b12-9-. The Morgan fingerprint density at radius 1 is 1.12 bits per heavy atom. The quantitative estimate of drug-likeness (QED) is 0.687. The van der Waals surface area contributed by atoms with Crippen molar-refractivity contribution in [3.05, 3.63) is 51.7 Å². The van der Waals surface area contributed by atoms with Gasteiger partial charge in [-0.25, -0.2) is 9.69 Å². The lowest BCUT2D eigenvalue weighted by molar-refractivity contribution is -0.122. The normalized spacial score (nSPS) is 16.5. The second-order valence-electron chi connectivity index (χ2n) is 5.08. The molecule has 0 atom stereocenters. The van der Waals surface area contributed by atoms with E-state index in [1.165, 1.54) is 24.5 Å². The van der Waals surface area contributed by atoms with Gasteiger partial charge in [-0.2, -0.15) is 0 Å². The summed E-state index contributed by atoms with van der Waals surface area (Å²) < 4.78 is 5.20. The Morgan fingerprint density at radius 2 is 1.88 bits per heavy atom. The first-order valence-corrected chi connectivity index (χ1v) is 7.94. The van der Waals surface area contributed by atoms with Gasteiger partial charge in [-0.1, -0.05) is 12.1 Å². The lowest BCUT2D eigenvalue weighted by Crippen LogP contribution is -2.54. The molecular weight excluding hydrogens is 328 g/mol. The Morgan fingerprint density at radius 3 is 2.54 bits per heavy atom. The van der Waals surface area contributed by atoms with E-state index in [-0.39, 0.29) is 11.3 Å². The molecule has 4 amide bonds. The summed E-state index contributed by atoms with van der Waals surface area (Å²) >= 11 is 1.45. The molecule has 0 bridgehead atoms. The lowest BCUT2D eigenvalue weighted by Gasteiger charge is -2.27. The van der Waals surface area contributed by atoms with Gasteiger partial charge in [0.25, 0.3) is 11.8 Å². The second kappa shape index (κ2) is 6.29. The first-order chi connectivity index (χ1) is 11.5. The molecule has 1 fully saturated rings. The van der Waals surface area contributed by atoms with Crippen molar-refractivity contribution in [2.75, 3.05) is 12.0 Å². The van der Waals surface area contributed by atoms with Gasteiger partial charge in [0.1, 0.15) is 11.3 Å². The minimum atomic E-state index is -0.797. The SMILES string of the molecule is COc1ccccc1N1C(=O)NC(=O)/C(=C/c2ccc(C)s2)C1=O. The molecule has 0 aliphatic carbocycles.